The minimum absolute atomic E-state index is 0.137. The van der Waals surface area contributed by atoms with E-state index >= 15 is 0 Å². The van der Waals surface area contributed by atoms with Crippen LogP contribution in [0.15, 0.2) is 54.6 Å². The number of carboxylic acid groups (broad SMARTS) is 1. The topological polar surface area (TPSA) is 86.6 Å². The fraction of sp³-hybridized carbons (Fsp3) is 0.125. The molecule has 1 amide bonds. The fourth-order valence-electron chi connectivity index (χ4n) is 1.85. The van der Waals surface area contributed by atoms with Gasteiger partial charge in [-0.05, 0) is 29.8 Å². The van der Waals surface area contributed by atoms with Crippen molar-refractivity contribution in [2.75, 3.05) is 5.32 Å². The third-order valence-electron chi connectivity index (χ3n) is 2.97. The molecule has 0 aliphatic carbocycles. The van der Waals surface area contributed by atoms with E-state index in [4.69, 9.17) is 5.11 Å². The Kier molecular flexibility index (Phi) is 4.68. The average molecular weight is 285 g/mol. The summed E-state index contributed by atoms with van der Waals surface area (Å²) in [5, 5.41) is 21.2. The number of aromatic carboxylic acids is 1. The van der Waals surface area contributed by atoms with Crippen molar-refractivity contribution in [2.24, 2.45) is 0 Å². The van der Waals surface area contributed by atoms with Gasteiger partial charge >= 0.3 is 5.97 Å². The number of rotatable bonds is 5. The minimum atomic E-state index is -1.16. The van der Waals surface area contributed by atoms with E-state index in [9.17, 15) is 14.7 Å². The van der Waals surface area contributed by atoms with Gasteiger partial charge < -0.3 is 15.5 Å². The van der Waals surface area contributed by atoms with Crippen LogP contribution in [0.4, 0.5) is 5.69 Å². The molecular formula is C16H15NO4. The van der Waals surface area contributed by atoms with Gasteiger partial charge in [-0.25, -0.2) is 4.79 Å². The summed E-state index contributed by atoms with van der Waals surface area (Å²) in [7, 11) is 0. The number of hydrogen-bond donors (Lipinski definition) is 3. The molecule has 0 aliphatic heterocycles. The maximum atomic E-state index is 11.9. The number of carbonyl (C=O) groups excluding carboxylic acids is 1. The molecule has 2 rings (SSSR count). The van der Waals surface area contributed by atoms with E-state index in [1.807, 2.05) is 30.3 Å². The first kappa shape index (κ1) is 14.7. The molecule has 0 spiro atoms. The number of nitrogens with one attached hydrogen (secondary N) is 1. The summed E-state index contributed by atoms with van der Waals surface area (Å²) in [5.41, 5.74) is 1.44. The normalized spacial score (nSPS) is 11.7. The Morgan fingerprint density at radius 2 is 1.62 bits per heavy atom. The first-order valence-corrected chi connectivity index (χ1v) is 6.42. The Bertz CT molecular complexity index is 622. The Hall–Kier alpha value is -2.66. The van der Waals surface area contributed by atoms with Crippen molar-refractivity contribution < 1.29 is 19.8 Å². The minimum Gasteiger partial charge on any atom is -0.478 e. The van der Waals surface area contributed by atoms with Gasteiger partial charge in [0.05, 0.1) is 5.56 Å². The molecule has 0 aliphatic rings. The summed E-state index contributed by atoms with van der Waals surface area (Å²) < 4.78 is 0. The Morgan fingerprint density at radius 3 is 2.19 bits per heavy atom. The van der Waals surface area contributed by atoms with E-state index in [1.54, 1.807) is 0 Å². The quantitative estimate of drug-likeness (QED) is 0.783. The Morgan fingerprint density at radius 1 is 1.00 bits per heavy atom. The van der Waals surface area contributed by atoms with E-state index in [0.717, 1.165) is 5.56 Å². The molecule has 21 heavy (non-hydrogen) atoms. The van der Waals surface area contributed by atoms with Gasteiger partial charge in [-0.2, -0.15) is 0 Å². The van der Waals surface area contributed by atoms with Crippen LogP contribution in [-0.4, -0.2) is 28.2 Å². The second-order valence-corrected chi connectivity index (χ2v) is 4.58. The van der Waals surface area contributed by atoms with Gasteiger partial charge in [-0.15, -0.1) is 0 Å². The molecule has 0 bridgehead atoms. The molecule has 0 fully saturated rings. The molecular weight excluding hydrogens is 270 g/mol. The Labute approximate surface area is 121 Å². The molecule has 0 saturated carbocycles. The van der Waals surface area contributed by atoms with E-state index < -0.39 is 18.0 Å². The van der Waals surface area contributed by atoms with Gasteiger partial charge in [-0.1, -0.05) is 30.3 Å². The lowest BCUT2D eigenvalue weighted by molar-refractivity contribution is -0.123. The number of amides is 1. The highest BCUT2D eigenvalue weighted by atomic mass is 16.4. The molecule has 0 heterocycles. The van der Waals surface area contributed by atoms with E-state index in [1.165, 1.54) is 24.3 Å². The fourth-order valence-corrected chi connectivity index (χ4v) is 1.85. The summed E-state index contributed by atoms with van der Waals surface area (Å²) in [6.45, 7) is 0. The van der Waals surface area contributed by atoms with Crippen molar-refractivity contribution in [1.82, 2.24) is 0 Å². The van der Waals surface area contributed by atoms with Crippen LogP contribution in [0.5, 0.6) is 0 Å². The van der Waals surface area contributed by atoms with Crippen molar-refractivity contribution in [3.63, 3.8) is 0 Å². The summed E-state index contributed by atoms with van der Waals surface area (Å²) in [6, 6.07) is 14.9. The summed E-state index contributed by atoms with van der Waals surface area (Å²) in [5.74, 6) is -1.56. The zero-order valence-corrected chi connectivity index (χ0v) is 11.2. The number of benzene rings is 2. The number of hydrogen-bond acceptors (Lipinski definition) is 3. The third-order valence-corrected chi connectivity index (χ3v) is 2.97. The molecule has 108 valence electrons. The summed E-state index contributed by atoms with van der Waals surface area (Å²) in [4.78, 5) is 22.6. The Balaban J connectivity index is 1.95. The van der Waals surface area contributed by atoms with Gasteiger partial charge in [0.1, 0.15) is 6.10 Å². The zero-order valence-electron chi connectivity index (χ0n) is 11.2. The molecule has 2 aromatic rings. The molecule has 3 N–H and O–H groups in total. The van der Waals surface area contributed by atoms with Crippen LogP contribution in [0.3, 0.4) is 0 Å². The second-order valence-electron chi connectivity index (χ2n) is 4.58. The highest BCUT2D eigenvalue weighted by Gasteiger charge is 2.15. The van der Waals surface area contributed by atoms with Crippen LogP contribution in [0.2, 0.25) is 0 Å². The van der Waals surface area contributed by atoms with Gasteiger partial charge in [-0.3, -0.25) is 4.79 Å². The molecule has 5 heteroatoms. The van der Waals surface area contributed by atoms with Crippen molar-refractivity contribution in [3.8, 4) is 0 Å². The molecule has 2 aromatic carbocycles. The standard InChI is InChI=1S/C16H15NO4/c18-14(10-11-4-2-1-3-5-11)15(19)17-13-8-6-12(7-9-13)16(20)21/h1-9,14,18H,10H2,(H,17,19)(H,20,21)/t14-/m0/s1. The average Bonchev–Trinajstić information content (AvgIpc) is 2.48. The molecule has 0 unspecified atom stereocenters. The second kappa shape index (κ2) is 6.67. The van der Waals surface area contributed by atoms with Crippen molar-refractivity contribution >= 4 is 17.6 Å². The first-order valence-electron chi connectivity index (χ1n) is 6.42. The lowest BCUT2D eigenvalue weighted by Gasteiger charge is -2.11. The van der Waals surface area contributed by atoms with Crippen LogP contribution in [0, 0.1) is 0 Å². The number of anilines is 1. The van der Waals surface area contributed by atoms with E-state index in [0.29, 0.717) is 5.69 Å². The summed E-state index contributed by atoms with van der Waals surface area (Å²) in [6.07, 6.45) is -0.938. The lowest BCUT2D eigenvalue weighted by atomic mass is 10.1. The largest absolute Gasteiger partial charge is 0.478 e. The SMILES string of the molecule is O=C(O)c1ccc(NC(=O)[C@@H](O)Cc2ccccc2)cc1. The lowest BCUT2D eigenvalue weighted by Crippen LogP contribution is -2.29. The van der Waals surface area contributed by atoms with Crippen molar-refractivity contribution in [1.29, 1.82) is 0 Å². The van der Waals surface area contributed by atoms with Gasteiger partial charge in [0.2, 0.25) is 0 Å². The van der Waals surface area contributed by atoms with Gasteiger partial charge in [0.15, 0.2) is 0 Å². The number of aliphatic hydroxyl groups is 1. The zero-order chi connectivity index (χ0) is 15.2. The molecule has 5 nitrogen and oxygen atoms in total. The highest BCUT2D eigenvalue weighted by Crippen LogP contribution is 2.11. The third kappa shape index (κ3) is 4.15. The van der Waals surface area contributed by atoms with Crippen LogP contribution in [0.1, 0.15) is 15.9 Å². The maximum absolute atomic E-state index is 11.9. The number of carboxylic acids is 1. The van der Waals surface area contributed by atoms with Crippen LogP contribution < -0.4 is 5.32 Å². The highest BCUT2D eigenvalue weighted by molar-refractivity contribution is 5.95. The molecule has 1 atom stereocenters. The van der Waals surface area contributed by atoms with Crippen molar-refractivity contribution in [3.05, 3.63) is 65.7 Å². The predicted molar refractivity (Wildman–Crippen MR) is 78.2 cm³/mol. The van der Waals surface area contributed by atoms with E-state index in [2.05, 4.69) is 5.32 Å². The maximum Gasteiger partial charge on any atom is 0.335 e. The van der Waals surface area contributed by atoms with E-state index in [-0.39, 0.29) is 12.0 Å². The molecule has 0 aromatic heterocycles. The first-order chi connectivity index (χ1) is 10.1. The predicted octanol–water partition coefficient (Wildman–Crippen LogP) is 1.93. The van der Waals surface area contributed by atoms with Crippen LogP contribution in [0.25, 0.3) is 0 Å². The van der Waals surface area contributed by atoms with Crippen LogP contribution >= 0.6 is 0 Å². The number of aliphatic hydroxyl groups excluding tert-OH is 1. The smallest absolute Gasteiger partial charge is 0.335 e. The monoisotopic (exact) mass is 285 g/mol. The number of carbonyl (C=O) groups is 2. The van der Waals surface area contributed by atoms with Gasteiger partial charge in [0, 0.05) is 12.1 Å². The van der Waals surface area contributed by atoms with Gasteiger partial charge in [0.25, 0.3) is 5.91 Å². The van der Waals surface area contributed by atoms with Crippen molar-refractivity contribution in [2.45, 2.75) is 12.5 Å². The van der Waals surface area contributed by atoms with Crippen LogP contribution in [-0.2, 0) is 11.2 Å². The molecule has 0 saturated heterocycles. The summed E-state index contributed by atoms with van der Waals surface area (Å²) >= 11 is 0. The molecule has 0 radical (unpaired) electrons.